The highest BCUT2D eigenvalue weighted by molar-refractivity contribution is 9.10. The molecule has 2 aromatic carbocycles. The van der Waals surface area contributed by atoms with Crippen molar-refractivity contribution in [3.05, 3.63) is 59.2 Å². The van der Waals surface area contributed by atoms with Gasteiger partial charge in [0.05, 0.1) is 11.9 Å². The van der Waals surface area contributed by atoms with Crippen molar-refractivity contribution < 1.29 is 13.5 Å². The van der Waals surface area contributed by atoms with Gasteiger partial charge in [-0.1, -0.05) is 46.7 Å². The average Bonchev–Trinajstić information content (AvgIpc) is 3.00. The van der Waals surface area contributed by atoms with E-state index in [2.05, 4.69) is 32.6 Å². The summed E-state index contributed by atoms with van der Waals surface area (Å²) in [5, 5.41) is 0.850. The Morgan fingerprint density at radius 3 is 2.40 bits per heavy atom. The molecule has 0 N–H and O–H groups in total. The Morgan fingerprint density at radius 1 is 1.12 bits per heavy atom. The fourth-order valence-electron chi connectivity index (χ4n) is 2.42. The molecule has 3 rings (SSSR count). The molecule has 130 valence electrons. The SMILES string of the molecule is CCSc1ncc(-c2ccc(Br)cc2)n1-c1ccc(OC(F)F)cc1. The molecule has 3 aromatic rings. The normalized spacial score (nSPS) is 11.1. The molecule has 3 nitrogen and oxygen atoms in total. The first-order valence-electron chi connectivity index (χ1n) is 7.60. The standard InChI is InChI=1S/C18H15BrF2N2OS/c1-2-25-18-22-11-16(12-3-5-13(19)6-4-12)23(18)14-7-9-15(10-8-14)24-17(20)21/h3-11,17H,2H2,1H3. The molecule has 0 aliphatic carbocycles. The number of nitrogens with zero attached hydrogens (tertiary/aromatic N) is 2. The molecule has 0 atom stereocenters. The summed E-state index contributed by atoms with van der Waals surface area (Å²) >= 11 is 5.06. The first kappa shape index (κ1) is 17.9. The minimum atomic E-state index is -2.83. The molecule has 0 unspecified atom stereocenters. The van der Waals surface area contributed by atoms with Crippen molar-refractivity contribution in [1.29, 1.82) is 0 Å². The van der Waals surface area contributed by atoms with Crippen molar-refractivity contribution in [3.63, 3.8) is 0 Å². The van der Waals surface area contributed by atoms with E-state index < -0.39 is 6.61 Å². The quantitative estimate of drug-likeness (QED) is 0.453. The van der Waals surface area contributed by atoms with Crippen molar-refractivity contribution in [2.75, 3.05) is 5.75 Å². The highest BCUT2D eigenvalue weighted by Gasteiger charge is 2.14. The van der Waals surface area contributed by atoms with E-state index in [0.29, 0.717) is 0 Å². The number of benzene rings is 2. The summed E-state index contributed by atoms with van der Waals surface area (Å²) in [4.78, 5) is 4.51. The number of alkyl halides is 2. The van der Waals surface area contributed by atoms with Gasteiger partial charge in [0.25, 0.3) is 0 Å². The van der Waals surface area contributed by atoms with Crippen LogP contribution in [0.3, 0.4) is 0 Å². The van der Waals surface area contributed by atoms with Crippen LogP contribution in [0.2, 0.25) is 0 Å². The van der Waals surface area contributed by atoms with Gasteiger partial charge in [0.2, 0.25) is 0 Å². The zero-order valence-electron chi connectivity index (χ0n) is 13.3. The number of halogens is 3. The van der Waals surface area contributed by atoms with E-state index in [1.807, 2.05) is 35.0 Å². The molecule has 0 saturated carbocycles. The second-order valence-corrected chi connectivity index (χ2v) is 7.22. The molecule has 7 heteroatoms. The van der Waals surface area contributed by atoms with Gasteiger partial charge in [0.1, 0.15) is 5.75 Å². The van der Waals surface area contributed by atoms with Crippen molar-refractivity contribution in [1.82, 2.24) is 9.55 Å². The van der Waals surface area contributed by atoms with E-state index in [1.54, 1.807) is 23.9 Å². The lowest BCUT2D eigenvalue weighted by molar-refractivity contribution is -0.0498. The summed E-state index contributed by atoms with van der Waals surface area (Å²) in [6.07, 6.45) is 1.82. The maximum Gasteiger partial charge on any atom is 0.387 e. The highest BCUT2D eigenvalue weighted by Crippen LogP contribution is 2.31. The van der Waals surface area contributed by atoms with Crippen molar-refractivity contribution in [3.8, 4) is 22.7 Å². The zero-order chi connectivity index (χ0) is 17.8. The van der Waals surface area contributed by atoms with E-state index in [9.17, 15) is 8.78 Å². The molecule has 0 amide bonds. The monoisotopic (exact) mass is 424 g/mol. The first-order chi connectivity index (χ1) is 12.1. The van der Waals surface area contributed by atoms with E-state index in [1.165, 1.54) is 12.1 Å². The fourth-order valence-corrected chi connectivity index (χ4v) is 3.40. The van der Waals surface area contributed by atoms with Gasteiger partial charge in [0, 0.05) is 15.7 Å². The third-order valence-electron chi connectivity index (χ3n) is 3.46. The van der Waals surface area contributed by atoms with Crippen LogP contribution in [0, 0.1) is 0 Å². The largest absolute Gasteiger partial charge is 0.435 e. The Balaban J connectivity index is 2.03. The van der Waals surface area contributed by atoms with Gasteiger partial charge >= 0.3 is 6.61 Å². The van der Waals surface area contributed by atoms with Crippen LogP contribution in [-0.2, 0) is 0 Å². The van der Waals surface area contributed by atoms with Gasteiger partial charge in [-0.3, -0.25) is 4.57 Å². The number of hydrogen-bond donors (Lipinski definition) is 0. The van der Waals surface area contributed by atoms with Crippen molar-refractivity contribution in [2.45, 2.75) is 18.7 Å². The minimum Gasteiger partial charge on any atom is -0.435 e. The smallest absolute Gasteiger partial charge is 0.387 e. The molecule has 25 heavy (non-hydrogen) atoms. The van der Waals surface area contributed by atoms with E-state index >= 15 is 0 Å². The molecule has 0 fully saturated rings. The Kier molecular flexibility index (Phi) is 5.75. The van der Waals surface area contributed by atoms with Crippen LogP contribution in [0.4, 0.5) is 8.78 Å². The molecule has 0 aliphatic rings. The summed E-state index contributed by atoms with van der Waals surface area (Å²) in [6.45, 7) is -0.772. The topological polar surface area (TPSA) is 27.1 Å². The van der Waals surface area contributed by atoms with Gasteiger partial charge in [-0.15, -0.1) is 0 Å². The summed E-state index contributed by atoms with van der Waals surface area (Å²) in [7, 11) is 0. The molecule has 0 radical (unpaired) electrons. The fraction of sp³-hybridized carbons (Fsp3) is 0.167. The second-order valence-electron chi connectivity index (χ2n) is 5.07. The summed E-state index contributed by atoms with van der Waals surface area (Å²) in [5.41, 5.74) is 2.80. The van der Waals surface area contributed by atoms with Gasteiger partial charge in [-0.05, 0) is 42.2 Å². The van der Waals surface area contributed by atoms with Gasteiger partial charge in [-0.25, -0.2) is 4.98 Å². The summed E-state index contributed by atoms with van der Waals surface area (Å²) < 4.78 is 32.1. The highest BCUT2D eigenvalue weighted by atomic mass is 79.9. The Hall–Kier alpha value is -1.86. The second kappa shape index (κ2) is 8.01. The van der Waals surface area contributed by atoms with E-state index in [4.69, 9.17) is 0 Å². The summed E-state index contributed by atoms with van der Waals surface area (Å²) in [5.74, 6) is 1.01. The lowest BCUT2D eigenvalue weighted by atomic mass is 10.1. The predicted molar refractivity (Wildman–Crippen MR) is 99.7 cm³/mol. The van der Waals surface area contributed by atoms with Gasteiger partial charge in [0.15, 0.2) is 5.16 Å². The van der Waals surface area contributed by atoms with Crippen LogP contribution in [0.5, 0.6) is 5.75 Å². The van der Waals surface area contributed by atoms with Crippen molar-refractivity contribution in [2.24, 2.45) is 0 Å². The Labute approximate surface area is 157 Å². The lowest BCUT2D eigenvalue weighted by Gasteiger charge is -2.13. The number of rotatable bonds is 6. The number of thioether (sulfide) groups is 1. The number of hydrogen-bond acceptors (Lipinski definition) is 3. The van der Waals surface area contributed by atoms with Crippen LogP contribution < -0.4 is 4.74 Å². The van der Waals surface area contributed by atoms with Crippen molar-refractivity contribution >= 4 is 27.7 Å². The zero-order valence-corrected chi connectivity index (χ0v) is 15.7. The van der Waals surface area contributed by atoms with Crippen LogP contribution in [0.15, 0.2) is 64.4 Å². The number of ether oxygens (including phenoxy) is 1. The van der Waals surface area contributed by atoms with Gasteiger partial charge in [-0.2, -0.15) is 8.78 Å². The number of imidazole rings is 1. The van der Waals surface area contributed by atoms with Gasteiger partial charge < -0.3 is 4.74 Å². The maximum atomic E-state index is 12.3. The Morgan fingerprint density at radius 2 is 1.80 bits per heavy atom. The molecular weight excluding hydrogens is 410 g/mol. The third kappa shape index (κ3) is 4.22. The Bertz CT molecular complexity index is 835. The van der Waals surface area contributed by atoms with Crippen LogP contribution in [0.1, 0.15) is 6.92 Å². The van der Waals surface area contributed by atoms with E-state index in [0.717, 1.165) is 32.3 Å². The third-order valence-corrected chi connectivity index (χ3v) is 4.83. The first-order valence-corrected chi connectivity index (χ1v) is 9.38. The lowest BCUT2D eigenvalue weighted by Crippen LogP contribution is -2.03. The molecular formula is C18H15BrF2N2OS. The molecule has 1 aromatic heterocycles. The number of aromatic nitrogens is 2. The molecule has 0 bridgehead atoms. The average molecular weight is 425 g/mol. The molecule has 0 aliphatic heterocycles. The van der Waals surface area contributed by atoms with Crippen LogP contribution in [0.25, 0.3) is 16.9 Å². The van der Waals surface area contributed by atoms with Crippen LogP contribution >= 0.6 is 27.7 Å². The molecule has 1 heterocycles. The van der Waals surface area contributed by atoms with E-state index in [-0.39, 0.29) is 5.75 Å². The molecule has 0 saturated heterocycles. The maximum absolute atomic E-state index is 12.3. The van der Waals surface area contributed by atoms with Crippen LogP contribution in [-0.4, -0.2) is 21.9 Å². The summed E-state index contributed by atoms with van der Waals surface area (Å²) in [6, 6.07) is 14.5. The molecule has 0 spiro atoms. The minimum absolute atomic E-state index is 0.133. The predicted octanol–water partition coefficient (Wildman–Crippen LogP) is 6.02.